The molecule has 0 fully saturated rings. The van der Waals surface area contributed by atoms with Gasteiger partial charge in [-0.05, 0) is 12.1 Å². The van der Waals surface area contributed by atoms with Crippen LogP contribution in [0.1, 0.15) is 0 Å². The number of para-hydroxylation sites is 1. The van der Waals surface area contributed by atoms with Gasteiger partial charge < -0.3 is 5.11 Å². The minimum Gasteiger partial charge on any atom is -0.507 e. The Morgan fingerprint density at radius 2 is 2.10 bits per heavy atom. The number of phenols is 1. The van der Waals surface area contributed by atoms with Gasteiger partial charge in [0.2, 0.25) is 0 Å². The first kappa shape index (κ1) is 7.15. The van der Waals surface area contributed by atoms with Crippen LogP contribution in [0.5, 0.6) is 5.75 Å². The highest BCUT2D eigenvalue weighted by Gasteiger charge is 1.96. The first-order valence-corrected chi connectivity index (χ1v) is 3.61. The van der Waals surface area contributed by atoms with Gasteiger partial charge in [0.05, 0.1) is 4.90 Å². The van der Waals surface area contributed by atoms with E-state index >= 15 is 0 Å². The van der Waals surface area contributed by atoms with Crippen LogP contribution in [-0.2, 0) is 4.79 Å². The molecule has 0 aliphatic heterocycles. The number of carbonyl (C=O) groups is 1. The van der Waals surface area contributed by atoms with E-state index < -0.39 is 0 Å². The molecule has 3 heteroatoms. The van der Waals surface area contributed by atoms with Crippen molar-refractivity contribution in [2.75, 3.05) is 0 Å². The minimum absolute atomic E-state index is 0.152. The predicted molar refractivity (Wildman–Crippen MR) is 40.7 cm³/mol. The lowest BCUT2D eigenvalue weighted by molar-refractivity contribution is 0.462. The summed E-state index contributed by atoms with van der Waals surface area (Å²) in [5.41, 5.74) is 0.690. The van der Waals surface area contributed by atoms with E-state index in [1.807, 2.05) is 0 Å². The summed E-state index contributed by atoms with van der Waals surface area (Å²) in [5.74, 6) is 0.152. The molecule has 0 heterocycles. The predicted octanol–water partition coefficient (Wildman–Crippen LogP) is 1.67. The zero-order valence-corrected chi connectivity index (χ0v) is 5.97. The number of rotatable bonds is 2. The number of hydrogen-bond donors (Lipinski definition) is 1. The van der Waals surface area contributed by atoms with Crippen LogP contribution in [-0.4, -0.2) is 10.7 Å². The molecule has 0 aromatic heterocycles. The monoisotopic (exact) mass is 154 g/mol. The standard InChI is InChI=1S/C7H6O2S/c8-5-10-7-4-2-1-3-6(7)9/h1-5,9H. The molecule has 1 N–H and O–H groups in total. The van der Waals surface area contributed by atoms with Crippen LogP contribution in [0, 0.1) is 0 Å². The fraction of sp³-hybridized carbons (Fsp3) is 0. The van der Waals surface area contributed by atoms with Crippen molar-refractivity contribution in [3.63, 3.8) is 0 Å². The highest BCUT2D eigenvalue weighted by atomic mass is 32.2. The Balaban J connectivity index is 2.91. The van der Waals surface area contributed by atoms with Gasteiger partial charge in [0.1, 0.15) is 5.75 Å². The quantitative estimate of drug-likeness (QED) is 0.520. The molecule has 0 atom stereocenters. The maximum atomic E-state index is 9.98. The first-order chi connectivity index (χ1) is 4.84. The molecule has 0 saturated heterocycles. The molecule has 0 bridgehead atoms. The molecule has 1 aromatic rings. The van der Waals surface area contributed by atoms with Crippen LogP contribution in [0.4, 0.5) is 0 Å². The summed E-state index contributed by atoms with van der Waals surface area (Å²) in [7, 11) is 0. The lowest BCUT2D eigenvalue weighted by atomic mass is 10.3. The van der Waals surface area contributed by atoms with Crippen molar-refractivity contribution in [2.45, 2.75) is 4.90 Å². The maximum absolute atomic E-state index is 9.98. The van der Waals surface area contributed by atoms with E-state index in [0.29, 0.717) is 10.5 Å². The normalized spacial score (nSPS) is 9.20. The van der Waals surface area contributed by atoms with E-state index in [9.17, 15) is 4.79 Å². The van der Waals surface area contributed by atoms with Gasteiger partial charge in [0.25, 0.3) is 0 Å². The SMILES string of the molecule is O=CSc1ccccc1O. The molecule has 0 spiro atoms. The van der Waals surface area contributed by atoms with Crippen LogP contribution >= 0.6 is 11.8 Å². The third kappa shape index (κ3) is 1.51. The molecule has 10 heavy (non-hydrogen) atoms. The number of phenolic OH excluding ortho intramolecular Hbond substituents is 1. The molecule has 0 saturated carbocycles. The lowest BCUT2D eigenvalue weighted by Gasteiger charge is -1.95. The van der Waals surface area contributed by atoms with Crippen LogP contribution in [0.25, 0.3) is 0 Å². The zero-order chi connectivity index (χ0) is 7.40. The fourth-order valence-electron chi connectivity index (χ4n) is 0.609. The van der Waals surface area contributed by atoms with E-state index in [1.54, 1.807) is 24.3 Å². The second kappa shape index (κ2) is 3.27. The summed E-state index contributed by atoms with van der Waals surface area (Å²) >= 11 is 0.971. The van der Waals surface area contributed by atoms with E-state index in [1.165, 1.54) is 0 Å². The zero-order valence-electron chi connectivity index (χ0n) is 5.15. The highest BCUT2D eigenvalue weighted by Crippen LogP contribution is 2.25. The largest absolute Gasteiger partial charge is 0.507 e. The third-order valence-electron chi connectivity index (χ3n) is 1.04. The molecular formula is C7H6O2S. The van der Waals surface area contributed by atoms with Crippen LogP contribution in [0.3, 0.4) is 0 Å². The highest BCUT2D eigenvalue weighted by molar-refractivity contribution is 8.12. The van der Waals surface area contributed by atoms with Crippen molar-refractivity contribution in [2.24, 2.45) is 0 Å². The molecule has 1 rings (SSSR count). The second-order valence-corrected chi connectivity index (χ2v) is 2.55. The Morgan fingerprint density at radius 1 is 1.40 bits per heavy atom. The van der Waals surface area contributed by atoms with Gasteiger partial charge in [-0.2, -0.15) is 0 Å². The van der Waals surface area contributed by atoms with E-state index in [-0.39, 0.29) is 5.75 Å². The number of aromatic hydroxyl groups is 1. The van der Waals surface area contributed by atoms with Crippen LogP contribution < -0.4 is 0 Å². The summed E-state index contributed by atoms with van der Waals surface area (Å²) in [5, 5.41) is 9.06. The van der Waals surface area contributed by atoms with Gasteiger partial charge in [-0.25, -0.2) is 0 Å². The van der Waals surface area contributed by atoms with Crippen molar-refractivity contribution in [3.05, 3.63) is 24.3 Å². The molecule has 0 amide bonds. The van der Waals surface area contributed by atoms with Crippen LogP contribution in [0.2, 0.25) is 0 Å². The first-order valence-electron chi connectivity index (χ1n) is 2.73. The van der Waals surface area contributed by atoms with E-state index in [4.69, 9.17) is 5.11 Å². The van der Waals surface area contributed by atoms with E-state index in [0.717, 1.165) is 11.8 Å². The molecule has 0 unspecified atom stereocenters. The van der Waals surface area contributed by atoms with Gasteiger partial charge in [0.15, 0.2) is 5.62 Å². The summed E-state index contributed by atoms with van der Waals surface area (Å²) in [4.78, 5) is 10.6. The Morgan fingerprint density at radius 3 is 2.70 bits per heavy atom. The van der Waals surface area contributed by atoms with Crippen molar-refractivity contribution < 1.29 is 9.90 Å². The fourth-order valence-corrected chi connectivity index (χ4v) is 1.06. The van der Waals surface area contributed by atoms with Gasteiger partial charge in [0, 0.05) is 0 Å². The number of benzene rings is 1. The van der Waals surface area contributed by atoms with Crippen LogP contribution in [0.15, 0.2) is 29.2 Å². The summed E-state index contributed by atoms with van der Waals surface area (Å²) in [6, 6.07) is 6.72. The smallest absolute Gasteiger partial charge is 0.181 e. The lowest BCUT2D eigenvalue weighted by Crippen LogP contribution is -1.70. The number of thioether (sulfide) groups is 1. The molecular weight excluding hydrogens is 148 g/mol. The number of carbonyl (C=O) groups excluding carboxylic acids is 1. The maximum Gasteiger partial charge on any atom is 0.181 e. The molecule has 52 valence electrons. The van der Waals surface area contributed by atoms with Crippen molar-refractivity contribution in [1.29, 1.82) is 0 Å². The topological polar surface area (TPSA) is 37.3 Å². The van der Waals surface area contributed by atoms with Crippen molar-refractivity contribution >= 4 is 17.4 Å². The Bertz CT molecular complexity index is 235. The number of hydrogen-bond acceptors (Lipinski definition) is 3. The molecule has 0 aliphatic carbocycles. The molecule has 0 aliphatic rings. The Kier molecular flexibility index (Phi) is 2.34. The minimum atomic E-state index is 0.152. The van der Waals surface area contributed by atoms with Gasteiger partial charge in [-0.1, -0.05) is 23.9 Å². The Hall–Kier alpha value is -0.960. The van der Waals surface area contributed by atoms with Gasteiger partial charge in [-0.15, -0.1) is 0 Å². The molecule has 1 aromatic carbocycles. The Labute approximate surface area is 62.9 Å². The molecule has 0 radical (unpaired) electrons. The summed E-state index contributed by atoms with van der Waals surface area (Å²) < 4.78 is 0. The summed E-state index contributed by atoms with van der Waals surface area (Å²) in [6.07, 6.45) is 0. The summed E-state index contributed by atoms with van der Waals surface area (Å²) in [6.45, 7) is 0. The second-order valence-electron chi connectivity index (χ2n) is 1.68. The molecule has 2 nitrogen and oxygen atoms in total. The third-order valence-corrected chi connectivity index (χ3v) is 1.74. The van der Waals surface area contributed by atoms with E-state index in [2.05, 4.69) is 0 Å². The van der Waals surface area contributed by atoms with Gasteiger partial charge >= 0.3 is 0 Å². The van der Waals surface area contributed by atoms with Crippen molar-refractivity contribution in [1.82, 2.24) is 0 Å². The average molecular weight is 154 g/mol. The average Bonchev–Trinajstić information content (AvgIpc) is 1.94. The van der Waals surface area contributed by atoms with Gasteiger partial charge in [-0.3, -0.25) is 4.79 Å². The van der Waals surface area contributed by atoms with Crippen molar-refractivity contribution in [3.8, 4) is 5.75 Å².